The van der Waals surface area contributed by atoms with Crippen LogP contribution >= 0.6 is 0 Å². The molecular weight excluding hydrogens is 309 g/mol. The number of amides is 2. The summed E-state index contributed by atoms with van der Waals surface area (Å²) in [6.45, 7) is 1.51. The first-order chi connectivity index (χ1) is 11.5. The van der Waals surface area contributed by atoms with Crippen molar-refractivity contribution in [2.24, 2.45) is 0 Å². The third kappa shape index (κ3) is 3.60. The second-order valence-corrected chi connectivity index (χ2v) is 5.45. The van der Waals surface area contributed by atoms with Crippen LogP contribution < -0.4 is 10.6 Å². The van der Waals surface area contributed by atoms with Gasteiger partial charge in [0.1, 0.15) is 12.4 Å². The van der Waals surface area contributed by atoms with Gasteiger partial charge in [0.05, 0.1) is 5.52 Å². The Kier molecular flexibility index (Phi) is 4.29. The minimum absolute atomic E-state index is 0.0837. The molecule has 6 heteroatoms. The van der Waals surface area contributed by atoms with Crippen molar-refractivity contribution < 1.29 is 14.0 Å². The van der Waals surface area contributed by atoms with E-state index in [9.17, 15) is 14.0 Å². The molecule has 2 amide bonds. The highest BCUT2D eigenvalue weighted by Crippen LogP contribution is 2.18. The maximum absolute atomic E-state index is 13.4. The maximum Gasteiger partial charge on any atom is 0.244 e. The molecule has 122 valence electrons. The molecule has 0 unspecified atom stereocenters. The van der Waals surface area contributed by atoms with Crippen molar-refractivity contribution in [3.63, 3.8) is 0 Å². The summed E-state index contributed by atoms with van der Waals surface area (Å²) in [6.07, 6.45) is 1.75. The first-order valence-electron chi connectivity index (χ1n) is 7.43. The van der Waals surface area contributed by atoms with E-state index in [0.29, 0.717) is 16.9 Å². The third-order valence-electron chi connectivity index (χ3n) is 3.54. The number of nitrogens with zero attached hydrogens (tertiary/aromatic N) is 1. The van der Waals surface area contributed by atoms with Gasteiger partial charge in [0.15, 0.2) is 0 Å². The second kappa shape index (κ2) is 6.54. The molecule has 0 spiro atoms. The summed E-state index contributed by atoms with van der Waals surface area (Å²) in [5.41, 5.74) is 1.95. The van der Waals surface area contributed by atoms with Gasteiger partial charge in [0.2, 0.25) is 11.8 Å². The Morgan fingerprint density at radius 3 is 2.33 bits per heavy atom. The lowest BCUT2D eigenvalue weighted by atomic mass is 10.2. The predicted octanol–water partition coefficient (Wildman–Crippen LogP) is 3.38. The minimum Gasteiger partial charge on any atom is -0.338 e. The summed E-state index contributed by atoms with van der Waals surface area (Å²) in [4.78, 5) is 23.2. The van der Waals surface area contributed by atoms with Crippen LogP contribution in [0.3, 0.4) is 0 Å². The van der Waals surface area contributed by atoms with E-state index in [1.165, 1.54) is 19.1 Å². The summed E-state index contributed by atoms with van der Waals surface area (Å²) in [7, 11) is 0. The Morgan fingerprint density at radius 2 is 1.67 bits per heavy atom. The summed E-state index contributed by atoms with van der Waals surface area (Å²) in [5, 5.41) is 6.31. The molecular formula is C18H16FN3O2. The van der Waals surface area contributed by atoms with Crippen molar-refractivity contribution in [2.75, 3.05) is 10.6 Å². The number of anilines is 2. The van der Waals surface area contributed by atoms with Gasteiger partial charge in [-0.15, -0.1) is 0 Å². The zero-order chi connectivity index (χ0) is 17.1. The Morgan fingerprint density at radius 1 is 1.00 bits per heavy atom. The molecule has 2 N–H and O–H groups in total. The average molecular weight is 325 g/mol. The Bertz CT molecular complexity index is 900. The van der Waals surface area contributed by atoms with Gasteiger partial charge in [-0.1, -0.05) is 0 Å². The fraction of sp³-hybridized carbons (Fsp3) is 0.111. The van der Waals surface area contributed by atoms with Crippen LogP contribution in [0.15, 0.2) is 54.7 Å². The normalized spacial score (nSPS) is 10.6. The predicted molar refractivity (Wildman–Crippen MR) is 91.3 cm³/mol. The highest BCUT2D eigenvalue weighted by atomic mass is 19.1. The first-order valence-corrected chi connectivity index (χ1v) is 7.43. The van der Waals surface area contributed by atoms with Gasteiger partial charge in [-0.25, -0.2) is 4.39 Å². The van der Waals surface area contributed by atoms with Gasteiger partial charge in [0, 0.05) is 24.5 Å². The van der Waals surface area contributed by atoms with E-state index in [-0.39, 0.29) is 24.2 Å². The van der Waals surface area contributed by atoms with Gasteiger partial charge in [-0.2, -0.15) is 0 Å². The van der Waals surface area contributed by atoms with Crippen molar-refractivity contribution in [1.29, 1.82) is 0 Å². The monoisotopic (exact) mass is 325 g/mol. The molecule has 0 atom stereocenters. The van der Waals surface area contributed by atoms with Gasteiger partial charge in [0.25, 0.3) is 0 Å². The van der Waals surface area contributed by atoms with E-state index >= 15 is 0 Å². The average Bonchev–Trinajstić information content (AvgIpc) is 2.91. The largest absolute Gasteiger partial charge is 0.338 e. The molecule has 0 saturated carbocycles. The van der Waals surface area contributed by atoms with Crippen LogP contribution in [0.5, 0.6) is 0 Å². The number of halogens is 1. The Balaban J connectivity index is 1.68. The minimum atomic E-state index is -0.337. The van der Waals surface area contributed by atoms with E-state index in [0.717, 1.165) is 5.39 Å². The topological polar surface area (TPSA) is 63.1 Å². The zero-order valence-corrected chi connectivity index (χ0v) is 13.0. The number of hydrogen-bond donors (Lipinski definition) is 2. The Hall–Kier alpha value is -3.15. The molecule has 0 fully saturated rings. The number of nitrogens with one attached hydrogen (secondary N) is 2. The lowest BCUT2D eigenvalue weighted by Gasteiger charge is -2.08. The molecule has 0 aliphatic heterocycles. The number of carbonyl (C=O) groups excluding carboxylic acids is 2. The molecule has 24 heavy (non-hydrogen) atoms. The summed E-state index contributed by atoms with van der Waals surface area (Å²) in [6, 6.07) is 13.1. The highest BCUT2D eigenvalue weighted by Gasteiger charge is 2.08. The lowest BCUT2D eigenvalue weighted by Crippen LogP contribution is -2.18. The van der Waals surface area contributed by atoms with Crippen LogP contribution in [-0.2, 0) is 16.1 Å². The summed E-state index contributed by atoms with van der Waals surface area (Å²) >= 11 is 0. The molecule has 2 aromatic carbocycles. The van der Waals surface area contributed by atoms with Gasteiger partial charge >= 0.3 is 0 Å². The van der Waals surface area contributed by atoms with Gasteiger partial charge in [-0.3, -0.25) is 9.59 Å². The van der Waals surface area contributed by atoms with Crippen LogP contribution in [0, 0.1) is 5.82 Å². The van der Waals surface area contributed by atoms with E-state index in [2.05, 4.69) is 10.6 Å². The number of benzene rings is 2. The third-order valence-corrected chi connectivity index (χ3v) is 3.54. The molecule has 0 aliphatic carbocycles. The van der Waals surface area contributed by atoms with Gasteiger partial charge in [-0.05, 0) is 53.9 Å². The first kappa shape index (κ1) is 15.7. The molecule has 3 aromatic rings. The van der Waals surface area contributed by atoms with Crippen molar-refractivity contribution >= 4 is 34.1 Å². The van der Waals surface area contributed by atoms with Crippen LogP contribution in [0.4, 0.5) is 15.8 Å². The number of fused-ring (bicyclic) bond motifs is 1. The van der Waals surface area contributed by atoms with Crippen molar-refractivity contribution in [3.05, 3.63) is 60.5 Å². The van der Waals surface area contributed by atoms with E-state index in [4.69, 9.17) is 0 Å². The number of rotatable bonds is 4. The maximum atomic E-state index is 13.4. The second-order valence-electron chi connectivity index (χ2n) is 5.45. The highest BCUT2D eigenvalue weighted by molar-refractivity contribution is 5.93. The van der Waals surface area contributed by atoms with Crippen molar-refractivity contribution in [3.8, 4) is 0 Å². The van der Waals surface area contributed by atoms with Crippen LogP contribution in [0.2, 0.25) is 0 Å². The van der Waals surface area contributed by atoms with E-state index in [1.54, 1.807) is 41.1 Å². The number of hydrogen-bond acceptors (Lipinski definition) is 2. The number of aromatic nitrogens is 1. The number of carbonyl (C=O) groups is 2. The molecule has 0 bridgehead atoms. The van der Waals surface area contributed by atoms with Crippen molar-refractivity contribution in [1.82, 2.24) is 4.57 Å². The molecule has 0 radical (unpaired) electrons. The fourth-order valence-electron chi connectivity index (χ4n) is 2.49. The van der Waals surface area contributed by atoms with E-state index < -0.39 is 0 Å². The Labute approximate surface area is 138 Å². The smallest absolute Gasteiger partial charge is 0.244 e. The van der Waals surface area contributed by atoms with E-state index in [1.807, 2.05) is 6.07 Å². The zero-order valence-electron chi connectivity index (χ0n) is 13.0. The lowest BCUT2D eigenvalue weighted by molar-refractivity contribution is -0.116. The van der Waals surface area contributed by atoms with Crippen LogP contribution in [-0.4, -0.2) is 16.4 Å². The molecule has 0 aliphatic rings. The molecule has 1 heterocycles. The quantitative estimate of drug-likeness (QED) is 0.772. The summed E-state index contributed by atoms with van der Waals surface area (Å²) in [5.74, 6) is -0.709. The van der Waals surface area contributed by atoms with Crippen LogP contribution in [0.1, 0.15) is 6.92 Å². The molecule has 5 nitrogen and oxygen atoms in total. The standard InChI is InChI=1S/C18H16FN3O2/c1-12(23)20-15-4-6-16(7-5-15)21-18(24)11-22-9-8-13-2-3-14(19)10-17(13)22/h2-10H,11H2,1H3,(H,20,23)(H,21,24). The summed E-state index contributed by atoms with van der Waals surface area (Å²) < 4.78 is 15.1. The molecule has 1 aromatic heterocycles. The fourth-order valence-corrected chi connectivity index (χ4v) is 2.49. The van der Waals surface area contributed by atoms with Gasteiger partial charge < -0.3 is 15.2 Å². The molecule has 0 saturated heterocycles. The SMILES string of the molecule is CC(=O)Nc1ccc(NC(=O)Cn2ccc3ccc(F)cc32)cc1. The molecule has 3 rings (SSSR count). The van der Waals surface area contributed by atoms with Crippen molar-refractivity contribution in [2.45, 2.75) is 13.5 Å². The van der Waals surface area contributed by atoms with Crippen LogP contribution in [0.25, 0.3) is 10.9 Å².